The highest BCUT2D eigenvalue weighted by molar-refractivity contribution is 7.16. The molecule has 2 aromatic heterocycles. The quantitative estimate of drug-likeness (QED) is 0.580. The summed E-state index contributed by atoms with van der Waals surface area (Å²) in [5.74, 6) is -1.09. The first-order chi connectivity index (χ1) is 12.4. The average Bonchev–Trinajstić information content (AvgIpc) is 3.21. The minimum Gasteiger partial charge on any atom is -0.364 e. The van der Waals surface area contributed by atoms with Crippen LogP contribution < -0.4 is 11.1 Å². The Bertz CT molecular complexity index is 1010. The monoisotopic (exact) mass is 386 g/mol. The maximum Gasteiger partial charge on any atom is 0.271 e. The number of aromatic nitrogens is 2. The molecular weight excluding hydrogens is 372 g/mol. The Balaban J connectivity index is 1.72. The number of halogens is 1. The molecule has 26 heavy (non-hydrogen) atoms. The van der Waals surface area contributed by atoms with E-state index in [1.165, 1.54) is 17.4 Å². The van der Waals surface area contributed by atoms with Gasteiger partial charge in [0.15, 0.2) is 5.69 Å². The van der Waals surface area contributed by atoms with Crippen LogP contribution in [-0.2, 0) is 4.79 Å². The summed E-state index contributed by atoms with van der Waals surface area (Å²) in [5, 5.41) is 9.71. The van der Waals surface area contributed by atoms with Gasteiger partial charge in [-0.1, -0.05) is 23.7 Å². The molecule has 0 fully saturated rings. The lowest BCUT2D eigenvalue weighted by atomic mass is 10.2. The third kappa shape index (κ3) is 4.01. The maximum atomic E-state index is 12.1. The maximum absolute atomic E-state index is 12.1. The highest BCUT2D eigenvalue weighted by Gasteiger charge is 2.16. The second kappa shape index (κ2) is 7.55. The van der Waals surface area contributed by atoms with E-state index < -0.39 is 5.91 Å². The van der Waals surface area contributed by atoms with Gasteiger partial charge < -0.3 is 11.1 Å². The van der Waals surface area contributed by atoms with E-state index in [9.17, 15) is 9.59 Å². The lowest BCUT2D eigenvalue weighted by molar-refractivity contribution is -0.111. The van der Waals surface area contributed by atoms with Crippen LogP contribution in [0.25, 0.3) is 16.5 Å². The summed E-state index contributed by atoms with van der Waals surface area (Å²) in [5.41, 5.74) is 7.11. The van der Waals surface area contributed by atoms with E-state index in [0.717, 1.165) is 15.3 Å². The number of nitrogens with zero attached hydrogens (tertiary/aromatic N) is 1. The third-order valence-corrected chi connectivity index (χ3v) is 4.90. The number of nitrogens with two attached hydrogens (primary N) is 1. The summed E-state index contributed by atoms with van der Waals surface area (Å²) in [7, 11) is 0. The van der Waals surface area contributed by atoms with Crippen molar-refractivity contribution in [3.63, 3.8) is 0 Å². The van der Waals surface area contributed by atoms with Crippen LogP contribution in [0, 0.1) is 6.92 Å². The number of H-pyrrole nitrogens is 1. The standard InChI is InChI=1S/C18H15ClN4O2S/c1-10-16(17(18(20)25)23-22-10)21-15(24)8-6-13-5-7-14(26-13)11-3-2-4-12(19)9-11/h2-9H,1H3,(H2,20,25)(H,21,24)(H,22,23)/b8-6+. The Morgan fingerprint density at radius 1 is 1.31 bits per heavy atom. The molecule has 8 heteroatoms. The van der Waals surface area contributed by atoms with Crippen LogP contribution in [-0.4, -0.2) is 22.0 Å². The van der Waals surface area contributed by atoms with Crippen molar-refractivity contribution in [3.8, 4) is 10.4 Å². The molecule has 2 heterocycles. The zero-order valence-corrected chi connectivity index (χ0v) is 15.3. The fourth-order valence-electron chi connectivity index (χ4n) is 2.32. The average molecular weight is 387 g/mol. The number of hydrogen-bond acceptors (Lipinski definition) is 4. The summed E-state index contributed by atoms with van der Waals surface area (Å²) in [6, 6.07) is 11.5. The lowest BCUT2D eigenvalue weighted by Crippen LogP contribution is -2.16. The fraction of sp³-hybridized carbons (Fsp3) is 0.0556. The number of anilines is 1. The third-order valence-electron chi connectivity index (χ3n) is 3.56. The topological polar surface area (TPSA) is 101 Å². The molecule has 0 radical (unpaired) electrons. The van der Waals surface area contributed by atoms with Crippen LogP contribution in [0.1, 0.15) is 21.1 Å². The fourth-order valence-corrected chi connectivity index (χ4v) is 3.42. The molecule has 1 aromatic carbocycles. The Morgan fingerprint density at radius 3 is 2.85 bits per heavy atom. The number of rotatable bonds is 5. The van der Waals surface area contributed by atoms with Gasteiger partial charge in [-0.05, 0) is 42.8 Å². The molecule has 0 aliphatic rings. The van der Waals surface area contributed by atoms with Gasteiger partial charge in [-0.15, -0.1) is 11.3 Å². The van der Waals surface area contributed by atoms with Crippen LogP contribution in [0.3, 0.4) is 0 Å². The summed E-state index contributed by atoms with van der Waals surface area (Å²) < 4.78 is 0. The molecule has 3 rings (SSSR count). The van der Waals surface area contributed by atoms with Gasteiger partial charge in [0.2, 0.25) is 5.91 Å². The van der Waals surface area contributed by atoms with E-state index in [-0.39, 0.29) is 17.3 Å². The number of thiophene rings is 1. The predicted octanol–water partition coefficient (Wildman–Crippen LogP) is 3.85. The number of benzene rings is 1. The van der Waals surface area contributed by atoms with Gasteiger partial charge in [0.05, 0.1) is 11.4 Å². The van der Waals surface area contributed by atoms with Crippen LogP contribution in [0.5, 0.6) is 0 Å². The molecule has 0 bridgehead atoms. The Morgan fingerprint density at radius 2 is 2.12 bits per heavy atom. The molecule has 0 aliphatic carbocycles. The molecule has 0 unspecified atom stereocenters. The minimum atomic E-state index is -0.710. The van der Waals surface area contributed by atoms with Crippen LogP contribution in [0.4, 0.5) is 5.69 Å². The van der Waals surface area contributed by atoms with Crippen molar-refractivity contribution in [1.29, 1.82) is 0 Å². The molecule has 0 saturated heterocycles. The number of primary amides is 1. The van der Waals surface area contributed by atoms with Gasteiger partial charge in [0.25, 0.3) is 5.91 Å². The molecule has 6 nitrogen and oxygen atoms in total. The van der Waals surface area contributed by atoms with Gasteiger partial charge in [-0.3, -0.25) is 14.7 Å². The second-order valence-corrected chi connectivity index (χ2v) is 7.02. The Hall–Kier alpha value is -2.90. The molecule has 132 valence electrons. The molecule has 0 atom stereocenters. The zero-order valence-electron chi connectivity index (χ0n) is 13.7. The number of nitrogens with one attached hydrogen (secondary N) is 2. The van der Waals surface area contributed by atoms with Crippen LogP contribution in [0.15, 0.2) is 42.5 Å². The molecule has 3 aromatic rings. The van der Waals surface area contributed by atoms with Crippen molar-refractivity contribution in [2.45, 2.75) is 6.92 Å². The van der Waals surface area contributed by atoms with Crippen molar-refractivity contribution >= 4 is 46.5 Å². The summed E-state index contributed by atoms with van der Waals surface area (Å²) >= 11 is 7.55. The summed E-state index contributed by atoms with van der Waals surface area (Å²) in [6.07, 6.45) is 3.10. The van der Waals surface area contributed by atoms with Gasteiger partial charge in [0, 0.05) is 20.9 Å². The number of carbonyl (C=O) groups excluding carboxylic acids is 2. The van der Waals surface area contributed by atoms with E-state index in [0.29, 0.717) is 10.7 Å². The molecular formula is C18H15ClN4O2S. The molecule has 0 spiro atoms. The van der Waals surface area contributed by atoms with Gasteiger partial charge >= 0.3 is 0 Å². The highest BCUT2D eigenvalue weighted by Crippen LogP contribution is 2.30. The number of hydrogen-bond donors (Lipinski definition) is 3. The van der Waals surface area contributed by atoms with E-state index in [1.807, 2.05) is 36.4 Å². The van der Waals surface area contributed by atoms with Gasteiger partial charge in [0.1, 0.15) is 0 Å². The normalized spacial score (nSPS) is 11.0. The van der Waals surface area contributed by atoms with E-state index >= 15 is 0 Å². The Kier molecular flexibility index (Phi) is 5.20. The van der Waals surface area contributed by atoms with Crippen molar-refractivity contribution in [1.82, 2.24) is 10.2 Å². The number of aryl methyl sites for hydroxylation is 1. The SMILES string of the molecule is Cc1[nH]nc(C(N)=O)c1NC(=O)/C=C/c1ccc(-c2cccc(Cl)c2)s1. The Labute approximate surface area is 158 Å². The summed E-state index contributed by atoms with van der Waals surface area (Å²) in [4.78, 5) is 25.4. The summed E-state index contributed by atoms with van der Waals surface area (Å²) in [6.45, 7) is 1.69. The molecule has 4 N–H and O–H groups in total. The molecule has 0 saturated carbocycles. The van der Waals surface area contributed by atoms with Crippen molar-refractivity contribution < 1.29 is 9.59 Å². The van der Waals surface area contributed by atoms with Crippen LogP contribution >= 0.6 is 22.9 Å². The predicted molar refractivity (Wildman–Crippen MR) is 104 cm³/mol. The lowest BCUT2D eigenvalue weighted by Gasteiger charge is -2.01. The first-order valence-corrected chi connectivity index (χ1v) is 8.83. The van der Waals surface area contributed by atoms with Crippen LogP contribution in [0.2, 0.25) is 5.02 Å². The van der Waals surface area contributed by atoms with Crippen molar-refractivity contribution in [2.24, 2.45) is 5.73 Å². The van der Waals surface area contributed by atoms with E-state index in [4.69, 9.17) is 17.3 Å². The van der Waals surface area contributed by atoms with Gasteiger partial charge in [-0.25, -0.2) is 0 Å². The minimum absolute atomic E-state index is 0.00335. The van der Waals surface area contributed by atoms with Gasteiger partial charge in [-0.2, -0.15) is 5.10 Å². The van der Waals surface area contributed by atoms with Crippen molar-refractivity contribution in [2.75, 3.05) is 5.32 Å². The first kappa shape index (κ1) is 17.9. The van der Waals surface area contributed by atoms with E-state index in [1.54, 1.807) is 13.0 Å². The van der Waals surface area contributed by atoms with Crippen molar-refractivity contribution in [3.05, 3.63) is 63.8 Å². The smallest absolute Gasteiger partial charge is 0.271 e. The zero-order chi connectivity index (χ0) is 18.7. The molecule has 2 amide bonds. The largest absolute Gasteiger partial charge is 0.364 e. The second-order valence-electron chi connectivity index (χ2n) is 5.47. The molecule has 0 aliphatic heterocycles. The first-order valence-electron chi connectivity index (χ1n) is 7.63. The van der Waals surface area contributed by atoms with E-state index in [2.05, 4.69) is 15.5 Å². The number of carbonyl (C=O) groups is 2. The highest BCUT2D eigenvalue weighted by atomic mass is 35.5. The number of amides is 2. The number of aromatic amines is 1.